The minimum Gasteiger partial charge on any atom is -0.481 e. The lowest BCUT2D eigenvalue weighted by atomic mass is 10.0. The highest BCUT2D eigenvalue weighted by Gasteiger charge is 2.33. The van der Waals surface area contributed by atoms with Crippen molar-refractivity contribution in [3.05, 3.63) is 35.5 Å². The molecule has 3 N–H and O–H groups in total. The van der Waals surface area contributed by atoms with Gasteiger partial charge in [-0.05, 0) is 37.3 Å². The van der Waals surface area contributed by atoms with Gasteiger partial charge < -0.3 is 15.4 Å². The van der Waals surface area contributed by atoms with Crippen LogP contribution < -0.4 is 5.32 Å². The summed E-state index contributed by atoms with van der Waals surface area (Å²) in [4.78, 5) is 26.6. The Bertz CT molecular complexity index is 735. The van der Waals surface area contributed by atoms with Crippen molar-refractivity contribution >= 4 is 22.8 Å². The third-order valence-corrected chi connectivity index (χ3v) is 4.81. The van der Waals surface area contributed by atoms with Crippen molar-refractivity contribution < 1.29 is 14.7 Å². The van der Waals surface area contributed by atoms with E-state index in [1.165, 1.54) is 5.56 Å². The second-order valence-electron chi connectivity index (χ2n) is 6.36. The maximum absolute atomic E-state index is 12.2. The second kappa shape index (κ2) is 6.44. The first-order valence-electron chi connectivity index (χ1n) is 8.14. The molecule has 2 atom stereocenters. The van der Waals surface area contributed by atoms with Crippen LogP contribution in [0.5, 0.6) is 0 Å². The van der Waals surface area contributed by atoms with Crippen LogP contribution in [0.2, 0.25) is 0 Å². The van der Waals surface area contributed by atoms with Crippen molar-refractivity contribution in [2.24, 2.45) is 5.92 Å². The molecule has 3 rings (SSSR count). The van der Waals surface area contributed by atoms with Gasteiger partial charge in [-0.1, -0.05) is 24.6 Å². The second-order valence-corrected chi connectivity index (χ2v) is 6.36. The monoisotopic (exact) mass is 314 g/mol. The van der Waals surface area contributed by atoms with E-state index in [-0.39, 0.29) is 11.9 Å². The number of fused-ring (bicyclic) bond motifs is 1. The van der Waals surface area contributed by atoms with Crippen molar-refractivity contribution in [3.8, 4) is 0 Å². The Kier molecular flexibility index (Phi) is 4.37. The molecule has 1 fully saturated rings. The van der Waals surface area contributed by atoms with Gasteiger partial charge in [-0.3, -0.25) is 9.59 Å². The molecule has 1 aliphatic carbocycles. The number of aromatic amines is 1. The number of rotatable bonds is 5. The Morgan fingerprint density at radius 1 is 1.35 bits per heavy atom. The quantitative estimate of drug-likeness (QED) is 0.793. The standard InChI is InChI=1S/C18H22N2O3/c1-11-4-2-5-13-12(10-19-17(11)13)8-9-16(21)20-15-7-3-6-14(15)18(22)23/h2,4-5,10,14-15,19H,3,6-9H2,1H3,(H,20,21)(H,22,23)/t14-,15+/m0/s1. The number of carboxylic acids is 1. The topological polar surface area (TPSA) is 82.2 Å². The zero-order valence-electron chi connectivity index (χ0n) is 13.3. The molecule has 0 radical (unpaired) electrons. The molecule has 0 saturated heterocycles. The maximum atomic E-state index is 12.2. The lowest BCUT2D eigenvalue weighted by molar-refractivity contribution is -0.142. The maximum Gasteiger partial charge on any atom is 0.308 e. The van der Waals surface area contributed by atoms with Crippen molar-refractivity contribution in [1.29, 1.82) is 0 Å². The van der Waals surface area contributed by atoms with E-state index >= 15 is 0 Å². The Labute approximate surface area is 135 Å². The van der Waals surface area contributed by atoms with Crippen LogP contribution in [0.3, 0.4) is 0 Å². The Balaban J connectivity index is 1.60. The summed E-state index contributed by atoms with van der Waals surface area (Å²) in [6.07, 6.45) is 5.27. The molecule has 0 aliphatic heterocycles. The highest BCUT2D eigenvalue weighted by Crippen LogP contribution is 2.26. The van der Waals surface area contributed by atoms with Gasteiger partial charge in [-0.25, -0.2) is 0 Å². The fraction of sp³-hybridized carbons (Fsp3) is 0.444. The van der Waals surface area contributed by atoms with Crippen molar-refractivity contribution in [2.75, 3.05) is 0 Å². The van der Waals surface area contributed by atoms with Gasteiger partial charge in [0.15, 0.2) is 0 Å². The molecule has 23 heavy (non-hydrogen) atoms. The predicted octanol–water partition coefficient (Wildman–Crippen LogP) is 2.78. The summed E-state index contributed by atoms with van der Waals surface area (Å²) in [7, 11) is 0. The number of amides is 1. The molecule has 0 bridgehead atoms. The molecule has 1 heterocycles. The van der Waals surface area contributed by atoms with Crippen molar-refractivity contribution in [3.63, 3.8) is 0 Å². The number of benzene rings is 1. The summed E-state index contributed by atoms with van der Waals surface area (Å²) in [6.45, 7) is 2.06. The third-order valence-electron chi connectivity index (χ3n) is 4.81. The van der Waals surface area contributed by atoms with Crippen molar-refractivity contribution in [1.82, 2.24) is 10.3 Å². The molecule has 1 aliphatic rings. The van der Waals surface area contributed by atoms with E-state index < -0.39 is 11.9 Å². The number of carbonyl (C=O) groups is 2. The van der Waals surface area contributed by atoms with E-state index in [9.17, 15) is 9.59 Å². The van der Waals surface area contributed by atoms with E-state index in [2.05, 4.69) is 29.4 Å². The van der Waals surface area contributed by atoms with E-state index in [4.69, 9.17) is 5.11 Å². The summed E-state index contributed by atoms with van der Waals surface area (Å²) in [5.74, 6) is -1.31. The number of hydrogen-bond donors (Lipinski definition) is 3. The number of carbonyl (C=O) groups excluding carboxylic acids is 1. The fourth-order valence-corrected chi connectivity index (χ4v) is 3.53. The molecule has 2 aromatic rings. The van der Waals surface area contributed by atoms with Crippen LogP contribution in [0.1, 0.15) is 36.8 Å². The molecule has 5 nitrogen and oxygen atoms in total. The first-order valence-corrected chi connectivity index (χ1v) is 8.14. The molecular formula is C18H22N2O3. The molecule has 1 saturated carbocycles. The lowest BCUT2D eigenvalue weighted by Crippen LogP contribution is -2.40. The first kappa shape index (κ1) is 15.6. The van der Waals surface area contributed by atoms with Crippen molar-refractivity contribution in [2.45, 2.75) is 45.1 Å². The summed E-state index contributed by atoms with van der Waals surface area (Å²) < 4.78 is 0. The molecule has 0 spiro atoms. The Hall–Kier alpha value is -2.30. The molecule has 5 heteroatoms. The van der Waals surface area contributed by atoms with Gasteiger partial charge >= 0.3 is 5.97 Å². The number of carboxylic acid groups (broad SMARTS) is 1. The van der Waals surface area contributed by atoms with Gasteiger partial charge in [0.25, 0.3) is 0 Å². The SMILES string of the molecule is Cc1cccc2c(CCC(=O)N[C@@H]3CCC[C@@H]3C(=O)O)c[nH]c12. The number of para-hydroxylation sites is 1. The van der Waals surface area contributed by atoms with E-state index in [0.717, 1.165) is 29.3 Å². The number of aryl methyl sites for hydroxylation is 2. The smallest absolute Gasteiger partial charge is 0.308 e. The van der Waals surface area contributed by atoms with E-state index in [1.54, 1.807) is 0 Å². The zero-order chi connectivity index (χ0) is 16.4. The molecule has 0 unspecified atom stereocenters. The fourth-order valence-electron chi connectivity index (χ4n) is 3.53. The highest BCUT2D eigenvalue weighted by atomic mass is 16.4. The Morgan fingerprint density at radius 2 is 2.17 bits per heavy atom. The van der Waals surface area contributed by atoms with Gasteiger partial charge in [0.2, 0.25) is 5.91 Å². The highest BCUT2D eigenvalue weighted by molar-refractivity contribution is 5.86. The van der Waals surface area contributed by atoms with Crippen LogP contribution in [-0.4, -0.2) is 28.0 Å². The molecule has 1 aromatic carbocycles. The average molecular weight is 314 g/mol. The summed E-state index contributed by atoms with van der Waals surface area (Å²) >= 11 is 0. The summed E-state index contributed by atoms with van der Waals surface area (Å²) in [5, 5.41) is 13.2. The molecular weight excluding hydrogens is 292 g/mol. The minimum absolute atomic E-state index is 0.0647. The minimum atomic E-state index is -0.806. The largest absolute Gasteiger partial charge is 0.481 e. The van der Waals surface area contributed by atoms with Crippen LogP contribution in [-0.2, 0) is 16.0 Å². The van der Waals surface area contributed by atoms with Gasteiger partial charge in [-0.15, -0.1) is 0 Å². The number of aliphatic carboxylic acids is 1. The predicted molar refractivity (Wildman–Crippen MR) is 88.3 cm³/mol. The van der Waals surface area contributed by atoms with E-state index in [1.807, 2.05) is 12.3 Å². The number of aromatic nitrogens is 1. The number of nitrogens with one attached hydrogen (secondary N) is 2. The molecule has 1 amide bonds. The van der Waals surface area contributed by atoms with Crippen LogP contribution in [0, 0.1) is 12.8 Å². The van der Waals surface area contributed by atoms with Gasteiger partial charge in [-0.2, -0.15) is 0 Å². The lowest BCUT2D eigenvalue weighted by Gasteiger charge is -2.17. The zero-order valence-corrected chi connectivity index (χ0v) is 13.3. The van der Waals surface area contributed by atoms with Gasteiger partial charge in [0.05, 0.1) is 5.92 Å². The first-order chi connectivity index (χ1) is 11.1. The number of hydrogen-bond acceptors (Lipinski definition) is 2. The average Bonchev–Trinajstić information content (AvgIpc) is 3.12. The van der Waals surface area contributed by atoms with Crippen LogP contribution in [0.15, 0.2) is 24.4 Å². The van der Waals surface area contributed by atoms with E-state index in [0.29, 0.717) is 19.3 Å². The Morgan fingerprint density at radius 3 is 2.96 bits per heavy atom. The normalized spacial score (nSPS) is 20.7. The van der Waals surface area contributed by atoms with Crippen LogP contribution in [0.4, 0.5) is 0 Å². The van der Waals surface area contributed by atoms with Crippen LogP contribution >= 0.6 is 0 Å². The van der Waals surface area contributed by atoms with Gasteiger partial charge in [0.1, 0.15) is 0 Å². The number of H-pyrrole nitrogens is 1. The summed E-state index contributed by atoms with van der Waals surface area (Å²) in [5.41, 5.74) is 3.43. The summed E-state index contributed by atoms with van der Waals surface area (Å²) in [6, 6.07) is 5.92. The van der Waals surface area contributed by atoms with Gasteiger partial charge in [0, 0.05) is 29.6 Å². The van der Waals surface area contributed by atoms with Crippen LogP contribution in [0.25, 0.3) is 10.9 Å². The molecule has 1 aromatic heterocycles. The molecule has 122 valence electrons. The third kappa shape index (κ3) is 3.23.